The highest BCUT2D eigenvalue weighted by Gasteiger charge is 2.15. The maximum atomic E-state index is 12.7. The van der Waals surface area contributed by atoms with E-state index >= 15 is 0 Å². The SMILES string of the molecule is Cn1c(=O)c2ccc(C(=O)NCc3cccc(NC(=O)CCN4CCOCC4)c3)nc2n(C)c1=O. The Morgan fingerprint density at radius 3 is 2.60 bits per heavy atom. The molecule has 1 aliphatic rings. The van der Waals surface area contributed by atoms with Gasteiger partial charge in [-0.3, -0.25) is 28.4 Å². The van der Waals surface area contributed by atoms with Crippen LogP contribution in [0.3, 0.4) is 0 Å². The molecular weight excluding hydrogens is 452 g/mol. The van der Waals surface area contributed by atoms with Crippen LogP contribution in [-0.4, -0.2) is 63.7 Å². The first-order valence-electron chi connectivity index (χ1n) is 11.4. The van der Waals surface area contributed by atoms with Crippen molar-refractivity contribution in [3.05, 3.63) is 68.5 Å². The van der Waals surface area contributed by atoms with Crippen LogP contribution in [0.5, 0.6) is 0 Å². The van der Waals surface area contributed by atoms with E-state index < -0.39 is 17.2 Å². The normalized spacial score (nSPS) is 14.1. The Labute approximate surface area is 201 Å². The Kier molecular flexibility index (Phi) is 7.37. The van der Waals surface area contributed by atoms with Crippen LogP contribution < -0.4 is 21.9 Å². The number of rotatable bonds is 7. The van der Waals surface area contributed by atoms with E-state index in [1.54, 1.807) is 18.2 Å². The lowest BCUT2D eigenvalue weighted by Crippen LogP contribution is -2.38. The number of hydrogen-bond donors (Lipinski definition) is 2. The summed E-state index contributed by atoms with van der Waals surface area (Å²) in [5, 5.41) is 5.94. The van der Waals surface area contributed by atoms with E-state index in [4.69, 9.17) is 4.74 Å². The molecule has 1 fully saturated rings. The van der Waals surface area contributed by atoms with Gasteiger partial charge in [-0.15, -0.1) is 0 Å². The van der Waals surface area contributed by atoms with Crippen molar-refractivity contribution in [2.75, 3.05) is 38.2 Å². The van der Waals surface area contributed by atoms with Crippen molar-refractivity contribution in [2.24, 2.45) is 14.1 Å². The molecule has 0 bridgehead atoms. The molecule has 4 rings (SSSR count). The second kappa shape index (κ2) is 10.6. The minimum absolute atomic E-state index is 0.0743. The van der Waals surface area contributed by atoms with Gasteiger partial charge in [0.25, 0.3) is 11.5 Å². The molecule has 3 heterocycles. The smallest absolute Gasteiger partial charge is 0.332 e. The number of nitrogens with one attached hydrogen (secondary N) is 2. The van der Waals surface area contributed by atoms with Crippen LogP contribution in [0.1, 0.15) is 22.5 Å². The summed E-state index contributed by atoms with van der Waals surface area (Å²) in [5.41, 5.74) is 0.702. The molecule has 0 atom stereocenters. The van der Waals surface area contributed by atoms with Gasteiger partial charge in [-0.25, -0.2) is 9.78 Å². The zero-order chi connectivity index (χ0) is 24.9. The van der Waals surface area contributed by atoms with Crippen LogP contribution in [0.15, 0.2) is 46.0 Å². The standard InChI is InChI=1S/C24H28N6O5/c1-28-21-18(23(33)29(2)24(28)34)6-7-19(27-21)22(32)25-15-16-4-3-5-17(14-16)26-20(31)8-9-30-10-12-35-13-11-30/h3-7,14H,8-13,15H2,1-2H3,(H,25,32)(H,26,31). The van der Waals surface area contributed by atoms with Crippen molar-refractivity contribution >= 4 is 28.5 Å². The fourth-order valence-electron chi connectivity index (χ4n) is 3.92. The first kappa shape index (κ1) is 24.3. The predicted octanol–water partition coefficient (Wildman–Crippen LogP) is 0.223. The van der Waals surface area contributed by atoms with E-state index in [1.165, 1.54) is 30.8 Å². The number of anilines is 1. The minimum atomic E-state index is -0.517. The van der Waals surface area contributed by atoms with Crippen molar-refractivity contribution in [3.63, 3.8) is 0 Å². The van der Waals surface area contributed by atoms with Crippen molar-refractivity contribution < 1.29 is 14.3 Å². The number of ether oxygens (including phenoxy) is 1. The molecule has 2 N–H and O–H groups in total. The van der Waals surface area contributed by atoms with Crippen molar-refractivity contribution in [1.29, 1.82) is 0 Å². The van der Waals surface area contributed by atoms with E-state index in [2.05, 4.69) is 20.5 Å². The molecule has 2 amide bonds. The number of hydrogen-bond acceptors (Lipinski definition) is 7. The number of carbonyl (C=O) groups is 2. The maximum absolute atomic E-state index is 12.7. The van der Waals surface area contributed by atoms with Gasteiger partial charge in [-0.2, -0.15) is 0 Å². The van der Waals surface area contributed by atoms with E-state index in [-0.39, 0.29) is 29.2 Å². The third-order valence-electron chi connectivity index (χ3n) is 5.96. The minimum Gasteiger partial charge on any atom is -0.379 e. The van der Waals surface area contributed by atoms with Crippen LogP contribution in [0.4, 0.5) is 5.69 Å². The fourth-order valence-corrected chi connectivity index (χ4v) is 3.92. The number of carbonyl (C=O) groups excluding carboxylic acids is 2. The molecule has 0 unspecified atom stereocenters. The number of aryl methyl sites for hydroxylation is 1. The van der Waals surface area contributed by atoms with Gasteiger partial charge < -0.3 is 15.4 Å². The average molecular weight is 481 g/mol. The summed E-state index contributed by atoms with van der Waals surface area (Å²) in [6.45, 7) is 3.96. The third-order valence-corrected chi connectivity index (χ3v) is 5.96. The van der Waals surface area contributed by atoms with Crippen LogP contribution in [0.25, 0.3) is 11.0 Å². The van der Waals surface area contributed by atoms with Gasteiger partial charge in [-0.05, 0) is 29.8 Å². The van der Waals surface area contributed by atoms with Gasteiger partial charge >= 0.3 is 5.69 Å². The number of aromatic nitrogens is 3. The number of morpholine rings is 1. The predicted molar refractivity (Wildman–Crippen MR) is 130 cm³/mol. The maximum Gasteiger partial charge on any atom is 0.332 e. The van der Waals surface area contributed by atoms with Gasteiger partial charge in [0.15, 0.2) is 0 Å². The Morgan fingerprint density at radius 1 is 1.06 bits per heavy atom. The molecule has 1 aromatic carbocycles. The van der Waals surface area contributed by atoms with Crippen LogP contribution >= 0.6 is 0 Å². The first-order valence-corrected chi connectivity index (χ1v) is 11.4. The molecule has 0 saturated carbocycles. The highest BCUT2D eigenvalue weighted by molar-refractivity contribution is 5.94. The van der Waals surface area contributed by atoms with E-state index in [1.807, 2.05) is 6.07 Å². The highest BCUT2D eigenvalue weighted by Crippen LogP contribution is 2.12. The molecule has 35 heavy (non-hydrogen) atoms. The molecule has 11 heteroatoms. The number of benzene rings is 1. The average Bonchev–Trinajstić information content (AvgIpc) is 2.88. The molecular formula is C24H28N6O5. The summed E-state index contributed by atoms with van der Waals surface area (Å²) in [6.07, 6.45) is 0.389. The van der Waals surface area contributed by atoms with E-state index in [0.717, 1.165) is 23.2 Å². The highest BCUT2D eigenvalue weighted by atomic mass is 16.5. The Bertz CT molecular complexity index is 1370. The van der Waals surface area contributed by atoms with Crippen LogP contribution in [0.2, 0.25) is 0 Å². The van der Waals surface area contributed by atoms with Crippen molar-refractivity contribution in [2.45, 2.75) is 13.0 Å². The monoisotopic (exact) mass is 480 g/mol. The molecule has 0 spiro atoms. The lowest BCUT2D eigenvalue weighted by Gasteiger charge is -2.26. The third kappa shape index (κ3) is 5.64. The molecule has 1 saturated heterocycles. The molecule has 1 aliphatic heterocycles. The van der Waals surface area contributed by atoms with Gasteiger partial charge in [0, 0.05) is 52.4 Å². The molecule has 0 radical (unpaired) electrons. The Morgan fingerprint density at radius 2 is 1.83 bits per heavy atom. The van der Waals surface area contributed by atoms with Gasteiger partial charge in [0.05, 0.1) is 18.6 Å². The van der Waals surface area contributed by atoms with Crippen LogP contribution in [0, 0.1) is 0 Å². The second-order valence-electron chi connectivity index (χ2n) is 8.41. The molecule has 3 aromatic rings. The zero-order valence-electron chi connectivity index (χ0n) is 19.7. The summed E-state index contributed by atoms with van der Waals surface area (Å²) >= 11 is 0. The quantitative estimate of drug-likeness (QED) is 0.495. The van der Waals surface area contributed by atoms with E-state index in [0.29, 0.717) is 31.9 Å². The summed E-state index contributed by atoms with van der Waals surface area (Å²) in [7, 11) is 2.89. The Balaban J connectivity index is 1.37. The Hall–Kier alpha value is -3.83. The van der Waals surface area contributed by atoms with Crippen molar-refractivity contribution in [3.8, 4) is 0 Å². The first-order chi connectivity index (χ1) is 16.8. The summed E-state index contributed by atoms with van der Waals surface area (Å²) in [6, 6.07) is 10.2. The second-order valence-corrected chi connectivity index (χ2v) is 8.41. The summed E-state index contributed by atoms with van der Waals surface area (Å²) in [4.78, 5) is 55.9. The zero-order valence-corrected chi connectivity index (χ0v) is 19.7. The lowest BCUT2D eigenvalue weighted by molar-refractivity contribution is -0.116. The number of fused-ring (bicyclic) bond motifs is 1. The molecule has 2 aromatic heterocycles. The fraction of sp³-hybridized carbons (Fsp3) is 0.375. The summed E-state index contributed by atoms with van der Waals surface area (Å²) in [5.74, 6) is -0.519. The number of pyridine rings is 1. The molecule has 0 aliphatic carbocycles. The van der Waals surface area contributed by atoms with Crippen molar-refractivity contribution in [1.82, 2.24) is 24.3 Å². The number of nitrogens with zero attached hydrogens (tertiary/aromatic N) is 4. The summed E-state index contributed by atoms with van der Waals surface area (Å²) < 4.78 is 7.55. The van der Waals surface area contributed by atoms with Gasteiger partial charge in [-0.1, -0.05) is 12.1 Å². The van der Waals surface area contributed by atoms with Gasteiger partial charge in [0.1, 0.15) is 11.3 Å². The lowest BCUT2D eigenvalue weighted by atomic mass is 10.2. The van der Waals surface area contributed by atoms with E-state index in [9.17, 15) is 19.2 Å². The topological polar surface area (TPSA) is 128 Å². The molecule has 184 valence electrons. The van der Waals surface area contributed by atoms with Gasteiger partial charge in [0.2, 0.25) is 5.91 Å². The number of amides is 2. The largest absolute Gasteiger partial charge is 0.379 e. The van der Waals surface area contributed by atoms with Crippen LogP contribution in [-0.2, 0) is 30.2 Å². The molecule has 11 nitrogen and oxygen atoms in total.